The van der Waals surface area contributed by atoms with E-state index < -0.39 is 0 Å². The monoisotopic (exact) mass is 657 g/mol. The van der Waals surface area contributed by atoms with Crippen LogP contribution in [0.15, 0.2) is 167 Å². The predicted octanol–water partition coefficient (Wildman–Crippen LogP) is 14.2. The molecule has 0 bridgehead atoms. The van der Waals surface area contributed by atoms with Gasteiger partial charge in [-0.3, -0.25) is 0 Å². The second-order valence-electron chi connectivity index (χ2n) is 14.6. The van der Waals surface area contributed by atoms with Crippen LogP contribution in [-0.2, 0) is 5.41 Å². The first-order valence-corrected chi connectivity index (χ1v) is 17.6. The molecule has 0 unspecified atom stereocenters. The molecule has 3 nitrogen and oxygen atoms in total. The number of hydrogen-bond donors (Lipinski definition) is 0. The molecule has 0 saturated heterocycles. The molecule has 51 heavy (non-hydrogen) atoms. The highest BCUT2D eigenvalue weighted by atomic mass is 16.3. The van der Waals surface area contributed by atoms with Crippen LogP contribution in [0, 0.1) is 0 Å². The molecule has 2 heterocycles. The summed E-state index contributed by atoms with van der Waals surface area (Å²) in [6.07, 6.45) is 0. The highest BCUT2D eigenvalue weighted by molar-refractivity contribution is 6.22. The summed E-state index contributed by atoms with van der Waals surface area (Å²) in [6.45, 7) is 6.74. The van der Waals surface area contributed by atoms with Gasteiger partial charge >= 0.3 is 0 Å². The lowest BCUT2D eigenvalue weighted by molar-refractivity contribution is 0.573. The Hall–Kier alpha value is -6.32. The summed E-state index contributed by atoms with van der Waals surface area (Å²) in [5, 5.41) is 8.94. The molecule has 0 aliphatic heterocycles. The number of hydrogen-bond acceptors (Lipinski definition) is 3. The Labute approximate surface area is 296 Å². The molecule has 3 heteroatoms. The van der Waals surface area contributed by atoms with Crippen molar-refractivity contribution in [3.63, 3.8) is 0 Å². The third-order valence-electron chi connectivity index (χ3n) is 10.3. The fourth-order valence-corrected chi connectivity index (χ4v) is 7.88. The molecule has 0 spiro atoms. The molecule has 0 N–H and O–H groups in total. The Morgan fingerprint density at radius 3 is 1.84 bits per heavy atom. The molecule has 0 radical (unpaired) electrons. The molecule has 0 saturated carbocycles. The average Bonchev–Trinajstić information content (AvgIpc) is 3.73. The van der Waals surface area contributed by atoms with Crippen LogP contribution in [0.4, 0.5) is 17.1 Å². The van der Waals surface area contributed by atoms with Crippen molar-refractivity contribution >= 4 is 82.5 Å². The van der Waals surface area contributed by atoms with Gasteiger partial charge in [-0.2, -0.15) is 0 Å². The van der Waals surface area contributed by atoms with Crippen molar-refractivity contribution in [2.24, 2.45) is 0 Å². The van der Waals surface area contributed by atoms with Gasteiger partial charge in [0.15, 0.2) is 5.58 Å². The smallest absolute Gasteiger partial charge is 0.159 e. The SMILES string of the molecule is CC(C)(C)c1cccc2c1oc1c(N(c3cccc(-c4ccccc4)c3)c3cc4c5cc6ccccc6cc5oc4c4ccccc34)cccc12. The van der Waals surface area contributed by atoms with E-state index in [4.69, 9.17) is 8.83 Å². The maximum Gasteiger partial charge on any atom is 0.159 e. The van der Waals surface area contributed by atoms with Crippen molar-refractivity contribution in [1.82, 2.24) is 0 Å². The topological polar surface area (TPSA) is 29.5 Å². The molecule has 0 fully saturated rings. The van der Waals surface area contributed by atoms with Crippen molar-refractivity contribution in [2.45, 2.75) is 26.2 Å². The van der Waals surface area contributed by atoms with E-state index in [0.29, 0.717) is 0 Å². The molecule has 0 atom stereocenters. The van der Waals surface area contributed by atoms with Crippen LogP contribution in [0.1, 0.15) is 26.3 Å². The second kappa shape index (κ2) is 11.1. The van der Waals surface area contributed by atoms with E-state index in [2.05, 4.69) is 183 Å². The van der Waals surface area contributed by atoms with Gasteiger partial charge in [-0.15, -0.1) is 0 Å². The van der Waals surface area contributed by atoms with Crippen LogP contribution < -0.4 is 4.90 Å². The Balaban J connectivity index is 1.32. The molecule has 0 amide bonds. The summed E-state index contributed by atoms with van der Waals surface area (Å²) in [5.41, 5.74) is 10.1. The van der Waals surface area contributed by atoms with Crippen LogP contribution in [0.25, 0.3) is 76.5 Å². The van der Waals surface area contributed by atoms with E-state index in [1.54, 1.807) is 0 Å². The van der Waals surface area contributed by atoms with Crippen molar-refractivity contribution in [3.05, 3.63) is 163 Å². The van der Waals surface area contributed by atoms with Crippen LogP contribution in [0.2, 0.25) is 0 Å². The Bertz CT molecular complexity index is 2960. The molecule has 2 aromatic heterocycles. The van der Waals surface area contributed by atoms with Crippen LogP contribution in [0.5, 0.6) is 0 Å². The molecule has 10 aromatic rings. The fraction of sp³-hybridized carbons (Fsp3) is 0.0833. The van der Waals surface area contributed by atoms with Gasteiger partial charge in [-0.05, 0) is 63.7 Å². The third kappa shape index (κ3) is 4.65. The number of furan rings is 2. The quantitative estimate of drug-likeness (QED) is 0.189. The van der Waals surface area contributed by atoms with Crippen LogP contribution in [-0.4, -0.2) is 0 Å². The predicted molar refractivity (Wildman–Crippen MR) is 215 cm³/mol. The van der Waals surface area contributed by atoms with Gasteiger partial charge in [0.2, 0.25) is 0 Å². The number of fused-ring (bicyclic) bond motifs is 9. The summed E-state index contributed by atoms with van der Waals surface area (Å²) in [5.74, 6) is 0. The average molecular weight is 658 g/mol. The van der Waals surface area contributed by atoms with Gasteiger partial charge in [0.1, 0.15) is 16.7 Å². The zero-order valence-electron chi connectivity index (χ0n) is 28.8. The van der Waals surface area contributed by atoms with Gasteiger partial charge in [0.25, 0.3) is 0 Å². The summed E-state index contributed by atoms with van der Waals surface area (Å²) in [7, 11) is 0. The Kier molecular flexibility index (Phi) is 6.44. The zero-order chi connectivity index (χ0) is 34.3. The minimum absolute atomic E-state index is 0.0784. The van der Waals surface area contributed by atoms with E-state index in [0.717, 1.165) is 77.3 Å². The standard InChI is InChI=1S/C48H35NO2/c1-48(2,3)41-24-12-22-37-38-23-13-25-42(47(38)51-46(37)41)49(34-19-11-18-31(26-34)30-14-5-4-6-15-30)43-29-40-39-27-32-16-7-8-17-33(32)28-44(39)50-45(40)36-21-10-9-20-35(36)43/h4-29H,1-3H3. The van der Waals surface area contributed by atoms with E-state index in [1.807, 2.05) is 0 Å². The highest BCUT2D eigenvalue weighted by Crippen LogP contribution is 2.48. The number of nitrogens with zero attached hydrogens (tertiary/aromatic N) is 1. The molecule has 0 aliphatic rings. The summed E-state index contributed by atoms with van der Waals surface area (Å²) in [4.78, 5) is 2.38. The molecule has 8 aromatic carbocycles. The molecule has 244 valence electrons. The minimum Gasteiger partial charge on any atom is -0.455 e. The Morgan fingerprint density at radius 2 is 1.04 bits per heavy atom. The van der Waals surface area contributed by atoms with Gasteiger partial charge in [-0.25, -0.2) is 0 Å². The largest absolute Gasteiger partial charge is 0.455 e. The minimum atomic E-state index is -0.0784. The maximum absolute atomic E-state index is 7.02. The molecule has 0 aliphatic carbocycles. The summed E-state index contributed by atoms with van der Waals surface area (Å²) >= 11 is 0. The Morgan fingerprint density at radius 1 is 0.412 bits per heavy atom. The first-order chi connectivity index (χ1) is 24.9. The lowest BCUT2D eigenvalue weighted by Crippen LogP contribution is -2.11. The van der Waals surface area contributed by atoms with Gasteiger partial charge in [0.05, 0.1) is 11.4 Å². The van der Waals surface area contributed by atoms with Crippen LogP contribution in [0.3, 0.4) is 0 Å². The van der Waals surface area contributed by atoms with E-state index in [-0.39, 0.29) is 5.41 Å². The second-order valence-corrected chi connectivity index (χ2v) is 14.6. The molecular formula is C48H35NO2. The first-order valence-electron chi connectivity index (χ1n) is 17.6. The number of rotatable bonds is 4. The van der Waals surface area contributed by atoms with Crippen molar-refractivity contribution in [3.8, 4) is 11.1 Å². The highest BCUT2D eigenvalue weighted by Gasteiger charge is 2.26. The summed E-state index contributed by atoms with van der Waals surface area (Å²) < 4.78 is 13.7. The number of anilines is 3. The maximum atomic E-state index is 7.02. The van der Waals surface area contributed by atoms with Crippen molar-refractivity contribution in [2.75, 3.05) is 4.90 Å². The fourth-order valence-electron chi connectivity index (χ4n) is 7.88. The van der Waals surface area contributed by atoms with Crippen molar-refractivity contribution in [1.29, 1.82) is 0 Å². The van der Waals surface area contributed by atoms with Gasteiger partial charge in [-0.1, -0.05) is 142 Å². The first kappa shape index (κ1) is 29.6. The number of benzene rings is 8. The van der Waals surface area contributed by atoms with Crippen molar-refractivity contribution < 1.29 is 8.83 Å². The number of para-hydroxylation sites is 2. The normalized spacial score (nSPS) is 12.2. The molecular weight excluding hydrogens is 623 g/mol. The van der Waals surface area contributed by atoms with E-state index in [9.17, 15) is 0 Å². The lowest BCUT2D eigenvalue weighted by atomic mass is 9.86. The van der Waals surface area contributed by atoms with Crippen LogP contribution >= 0.6 is 0 Å². The van der Waals surface area contributed by atoms with Gasteiger partial charge < -0.3 is 13.7 Å². The zero-order valence-corrected chi connectivity index (χ0v) is 28.8. The van der Waals surface area contributed by atoms with E-state index in [1.165, 1.54) is 21.9 Å². The van der Waals surface area contributed by atoms with Gasteiger partial charge in [0, 0.05) is 43.6 Å². The molecule has 10 rings (SSSR count). The third-order valence-corrected chi connectivity index (χ3v) is 10.3. The van der Waals surface area contributed by atoms with E-state index >= 15 is 0 Å². The summed E-state index contributed by atoms with van der Waals surface area (Å²) in [6, 6.07) is 56.3. The lowest BCUT2D eigenvalue weighted by Gasteiger charge is -2.27.